The van der Waals surface area contributed by atoms with Gasteiger partial charge in [0.2, 0.25) is 0 Å². The number of carbonyl (C=O) groups excluding carboxylic acids is 1. The Labute approximate surface area is 114 Å². The van der Waals surface area contributed by atoms with Gasteiger partial charge in [-0.05, 0) is 24.8 Å². The van der Waals surface area contributed by atoms with Crippen molar-refractivity contribution in [1.29, 1.82) is 0 Å². The summed E-state index contributed by atoms with van der Waals surface area (Å²) < 4.78 is 5.14. The van der Waals surface area contributed by atoms with Crippen molar-refractivity contribution in [3.8, 4) is 0 Å². The summed E-state index contributed by atoms with van der Waals surface area (Å²) in [6.45, 7) is 4.44. The maximum absolute atomic E-state index is 12.2. The molecule has 1 aromatic rings. The van der Waals surface area contributed by atoms with Crippen molar-refractivity contribution in [2.75, 3.05) is 25.5 Å². The molecule has 1 saturated heterocycles. The molecule has 0 aromatic heterocycles. The number of carbonyl (C=O) groups is 1. The fraction of sp³-hybridized carbons (Fsp3) is 0.533. The van der Waals surface area contributed by atoms with Crippen LogP contribution >= 0.6 is 0 Å². The normalized spacial score (nSPS) is 16.4. The summed E-state index contributed by atoms with van der Waals surface area (Å²) in [5.41, 5.74) is 1.84. The summed E-state index contributed by atoms with van der Waals surface area (Å²) in [5.74, 6) is 0.727. The molecule has 0 spiro atoms. The van der Waals surface area contributed by atoms with Crippen LogP contribution in [0.15, 0.2) is 24.3 Å². The lowest BCUT2D eigenvalue weighted by Crippen LogP contribution is -2.40. The topological polar surface area (TPSA) is 41.6 Å². The average Bonchev–Trinajstić information content (AvgIpc) is 2.42. The first kappa shape index (κ1) is 13.9. The van der Waals surface area contributed by atoms with E-state index in [1.54, 1.807) is 7.11 Å². The van der Waals surface area contributed by atoms with E-state index in [0.717, 1.165) is 43.1 Å². The number of piperidine rings is 1. The van der Waals surface area contributed by atoms with Gasteiger partial charge in [-0.25, -0.2) is 4.79 Å². The van der Waals surface area contributed by atoms with Crippen LogP contribution in [0.3, 0.4) is 0 Å². The van der Waals surface area contributed by atoms with Crippen molar-refractivity contribution in [2.24, 2.45) is 5.92 Å². The zero-order valence-corrected chi connectivity index (χ0v) is 11.7. The molecule has 1 aliphatic rings. The molecule has 2 rings (SSSR count). The van der Waals surface area contributed by atoms with Crippen LogP contribution in [0.4, 0.5) is 10.5 Å². The van der Waals surface area contributed by atoms with Crippen LogP contribution in [0, 0.1) is 5.92 Å². The van der Waals surface area contributed by atoms with E-state index in [9.17, 15) is 4.79 Å². The van der Waals surface area contributed by atoms with E-state index in [1.165, 1.54) is 0 Å². The number of ether oxygens (including phenoxy) is 1. The molecule has 1 aromatic carbocycles. The fourth-order valence-corrected chi connectivity index (χ4v) is 2.33. The van der Waals surface area contributed by atoms with Crippen molar-refractivity contribution in [3.05, 3.63) is 29.8 Å². The molecule has 0 unspecified atom stereocenters. The first-order chi connectivity index (χ1) is 9.20. The molecule has 0 saturated carbocycles. The van der Waals surface area contributed by atoms with E-state index in [1.807, 2.05) is 29.2 Å². The molecule has 1 fully saturated rings. The van der Waals surface area contributed by atoms with Crippen LogP contribution in [-0.2, 0) is 11.3 Å². The molecule has 1 aliphatic heterocycles. The van der Waals surface area contributed by atoms with Gasteiger partial charge in [0.05, 0.1) is 6.61 Å². The largest absolute Gasteiger partial charge is 0.380 e. The number of hydrogen-bond donors (Lipinski definition) is 1. The number of anilines is 1. The van der Waals surface area contributed by atoms with Crippen LogP contribution in [0.25, 0.3) is 0 Å². The molecule has 1 heterocycles. The van der Waals surface area contributed by atoms with Crippen LogP contribution in [0.2, 0.25) is 0 Å². The molecule has 104 valence electrons. The predicted octanol–water partition coefficient (Wildman–Crippen LogP) is 3.10. The number of benzene rings is 1. The Morgan fingerprint density at radius 1 is 1.37 bits per heavy atom. The van der Waals surface area contributed by atoms with Crippen molar-refractivity contribution >= 4 is 11.7 Å². The van der Waals surface area contributed by atoms with E-state index < -0.39 is 0 Å². The maximum Gasteiger partial charge on any atom is 0.321 e. The Balaban J connectivity index is 1.98. The van der Waals surface area contributed by atoms with Gasteiger partial charge in [0, 0.05) is 31.5 Å². The number of amides is 2. The maximum atomic E-state index is 12.2. The first-order valence-electron chi connectivity index (χ1n) is 6.83. The van der Waals surface area contributed by atoms with Gasteiger partial charge < -0.3 is 15.0 Å². The summed E-state index contributed by atoms with van der Waals surface area (Å²) in [6, 6.07) is 7.76. The second kappa shape index (κ2) is 6.57. The number of rotatable bonds is 3. The van der Waals surface area contributed by atoms with Crippen LogP contribution in [-0.4, -0.2) is 31.1 Å². The van der Waals surface area contributed by atoms with Gasteiger partial charge in [-0.1, -0.05) is 25.1 Å². The van der Waals surface area contributed by atoms with Gasteiger partial charge in [0.15, 0.2) is 0 Å². The van der Waals surface area contributed by atoms with Gasteiger partial charge in [0.25, 0.3) is 0 Å². The molecular weight excluding hydrogens is 240 g/mol. The van der Waals surface area contributed by atoms with Crippen molar-refractivity contribution < 1.29 is 9.53 Å². The molecule has 0 bridgehead atoms. The van der Waals surface area contributed by atoms with Gasteiger partial charge in [0.1, 0.15) is 0 Å². The Morgan fingerprint density at radius 3 is 2.74 bits per heavy atom. The van der Waals surface area contributed by atoms with Crippen molar-refractivity contribution in [1.82, 2.24) is 4.90 Å². The highest BCUT2D eigenvalue weighted by atomic mass is 16.5. The van der Waals surface area contributed by atoms with Crippen LogP contribution < -0.4 is 5.32 Å². The Morgan fingerprint density at radius 2 is 2.05 bits per heavy atom. The van der Waals surface area contributed by atoms with Crippen LogP contribution in [0.5, 0.6) is 0 Å². The minimum absolute atomic E-state index is 0.00421. The first-order valence-corrected chi connectivity index (χ1v) is 6.83. The summed E-state index contributed by atoms with van der Waals surface area (Å²) >= 11 is 0. The van der Waals surface area contributed by atoms with Crippen LogP contribution in [0.1, 0.15) is 25.3 Å². The smallest absolute Gasteiger partial charge is 0.321 e. The number of methoxy groups -OCH3 is 1. The third-order valence-corrected chi connectivity index (χ3v) is 3.63. The summed E-state index contributed by atoms with van der Waals surface area (Å²) in [4.78, 5) is 14.1. The number of nitrogens with one attached hydrogen (secondary N) is 1. The number of hydrogen-bond acceptors (Lipinski definition) is 2. The quantitative estimate of drug-likeness (QED) is 0.909. The third-order valence-electron chi connectivity index (χ3n) is 3.63. The highest BCUT2D eigenvalue weighted by Crippen LogP contribution is 2.19. The van der Waals surface area contributed by atoms with E-state index in [4.69, 9.17) is 4.74 Å². The molecule has 2 amide bonds. The molecule has 0 aliphatic carbocycles. The Hall–Kier alpha value is -1.55. The molecule has 0 atom stereocenters. The lowest BCUT2D eigenvalue weighted by molar-refractivity contribution is 0.183. The minimum Gasteiger partial charge on any atom is -0.380 e. The average molecular weight is 262 g/mol. The van der Waals surface area contributed by atoms with E-state index in [-0.39, 0.29) is 6.03 Å². The molecule has 4 nitrogen and oxygen atoms in total. The van der Waals surface area contributed by atoms with Crippen molar-refractivity contribution in [3.63, 3.8) is 0 Å². The summed E-state index contributed by atoms with van der Waals surface area (Å²) in [6.07, 6.45) is 2.18. The number of nitrogens with zero attached hydrogens (tertiary/aromatic N) is 1. The predicted molar refractivity (Wildman–Crippen MR) is 76.1 cm³/mol. The Kier molecular flexibility index (Phi) is 4.80. The van der Waals surface area contributed by atoms with Crippen molar-refractivity contribution in [2.45, 2.75) is 26.4 Å². The Bertz CT molecular complexity index is 426. The van der Waals surface area contributed by atoms with E-state index in [0.29, 0.717) is 6.61 Å². The molecule has 0 radical (unpaired) electrons. The molecule has 19 heavy (non-hydrogen) atoms. The lowest BCUT2D eigenvalue weighted by atomic mass is 10.00. The van der Waals surface area contributed by atoms with Gasteiger partial charge in [-0.2, -0.15) is 0 Å². The SMILES string of the molecule is COCc1ccccc1NC(=O)N1CCC(C)CC1. The van der Waals surface area contributed by atoms with E-state index in [2.05, 4.69) is 12.2 Å². The van der Waals surface area contributed by atoms with Gasteiger partial charge >= 0.3 is 6.03 Å². The number of para-hydroxylation sites is 1. The minimum atomic E-state index is -0.00421. The van der Waals surface area contributed by atoms with Gasteiger partial charge in [-0.3, -0.25) is 0 Å². The highest BCUT2D eigenvalue weighted by molar-refractivity contribution is 5.90. The number of likely N-dealkylation sites (tertiary alicyclic amines) is 1. The second-order valence-corrected chi connectivity index (χ2v) is 5.19. The second-order valence-electron chi connectivity index (χ2n) is 5.19. The summed E-state index contributed by atoms with van der Waals surface area (Å²) in [7, 11) is 1.66. The third kappa shape index (κ3) is 3.70. The van der Waals surface area contributed by atoms with E-state index >= 15 is 0 Å². The molecule has 4 heteroatoms. The monoisotopic (exact) mass is 262 g/mol. The molecular formula is C15H22N2O2. The zero-order chi connectivity index (χ0) is 13.7. The number of urea groups is 1. The zero-order valence-electron chi connectivity index (χ0n) is 11.7. The van der Waals surface area contributed by atoms with Gasteiger partial charge in [-0.15, -0.1) is 0 Å². The highest BCUT2D eigenvalue weighted by Gasteiger charge is 2.20. The molecule has 1 N–H and O–H groups in total. The summed E-state index contributed by atoms with van der Waals surface area (Å²) in [5, 5.41) is 2.99. The standard InChI is InChI=1S/C15H22N2O2/c1-12-7-9-17(10-8-12)15(18)16-14-6-4-3-5-13(14)11-19-2/h3-6,12H,7-11H2,1-2H3,(H,16,18). The lowest BCUT2D eigenvalue weighted by Gasteiger charge is -2.30. The fourth-order valence-electron chi connectivity index (χ4n) is 2.33.